The van der Waals surface area contributed by atoms with Gasteiger partial charge >= 0.3 is 5.97 Å². The summed E-state index contributed by atoms with van der Waals surface area (Å²) < 4.78 is 5.20. The maximum absolute atomic E-state index is 11.0. The molecule has 0 radical (unpaired) electrons. The molecular weight excluding hydrogens is 248 g/mol. The van der Waals surface area contributed by atoms with E-state index in [-0.39, 0.29) is 5.97 Å². The highest BCUT2D eigenvalue weighted by Crippen LogP contribution is 2.60. The fourth-order valence-corrected chi connectivity index (χ4v) is 4.99. The zero-order valence-electron chi connectivity index (χ0n) is 13.8. The Labute approximate surface area is 124 Å². The third-order valence-electron chi connectivity index (χ3n) is 5.90. The van der Waals surface area contributed by atoms with E-state index >= 15 is 0 Å². The molecule has 2 atom stereocenters. The topological polar surface area (TPSA) is 26.3 Å². The van der Waals surface area contributed by atoms with E-state index in [0.717, 1.165) is 12.3 Å². The number of esters is 1. The minimum atomic E-state index is -0.162. The van der Waals surface area contributed by atoms with Crippen LogP contribution in [0.3, 0.4) is 0 Å². The lowest BCUT2D eigenvalue weighted by atomic mass is 9.50. The van der Waals surface area contributed by atoms with Crippen LogP contribution in [0, 0.1) is 16.7 Å². The second-order valence-corrected chi connectivity index (χ2v) is 7.70. The number of fused-ring (bicyclic) bond motifs is 1. The number of hydrogen-bond acceptors (Lipinski definition) is 2. The fourth-order valence-electron chi connectivity index (χ4n) is 4.99. The fraction of sp³-hybridized carbons (Fsp3) is 0.833. The Balaban J connectivity index is 2.21. The summed E-state index contributed by atoms with van der Waals surface area (Å²) in [5.74, 6) is 0.615. The van der Waals surface area contributed by atoms with Gasteiger partial charge in [-0.1, -0.05) is 38.3 Å². The molecule has 0 bridgehead atoms. The number of ether oxygens (including phenoxy) is 1. The number of allylic oxidation sites excluding steroid dienone is 1. The molecule has 0 heterocycles. The van der Waals surface area contributed by atoms with E-state index in [1.165, 1.54) is 39.0 Å². The van der Waals surface area contributed by atoms with E-state index in [9.17, 15) is 4.79 Å². The standard InChI is InChI=1S/C18H30O2/c1-13-7-8-16-17(3,4)10-6-11-18(16,5)15(13)9-12-20-14(2)19/h16H,6-12H2,1-5H3/t16?,18-/m1/s1. The highest BCUT2D eigenvalue weighted by Gasteiger charge is 2.49. The molecule has 2 aliphatic rings. The van der Waals surface area contributed by atoms with Gasteiger partial charge in [0, 0.05) is 13.3 Å². The first kappa shape index (κ1) is 15.6. The average Bonchev–Trinajstić information content (AvgIpc) is 2.31. The van der Waals surface area contributed by atoms with E-state index in [4.69, 9.17) is 4.74 Å². The first-order valence-corrected chi connectivity index (χ1v) is 8.10. The zero-order chi connectivity index (χ0) is 15.0. The van der Waals surface area contributed by atoms with E-state index in [0.29, 0.717) is 17.4 Å². The Morgan fingerprint density at radius 2 is 2.00 bits per heavy atom. The molecule has 2 heteroatoms. The molecule has 2 rings (SSSR count). The maximum atomic E-state index is 11.0. The molecule has 2 aliphatic carbocycles. The molecule has 0 spiro atoms. The van der Waals surface area contributed by atoms with E-state index in [2.05, 4.69) is 27.7 Å². The normalized spacial score (nSPS) is 32.8. The third-order valence-corrected chi connectivity index (χ3v) is 5.90. The molecule has 1 unspecified atom stereocenters. The quantitative estimate of drug-likeness (QED) is 0.543. The van der Waals surface area contributed by atoms with Crippen molar-refractivity contribution in [2.45, 2.75) is 73.1 Å². The Morgan fingerprint density at radius 1 is 1.30 bits per heavy atom. The molecule has 0 aliphatic heterocycles. The van der Waals surface area contributed by atoms with Crippen molar-refractivity contribution in [2.24, 2.45) is 16.7 Å². The monoisotopic (exact) mass is 278 g/mol. The highest BCUT2D eigenvalue weighted by molar-refractivity contribution is 5.65. The van der Waals surface area contributed by atoms with Crippen LogP contribution in [0.5, 0.6) is 0 Å². The Kier molecular flexibility index (Phi) is 4.32. The van der Waals surface area contributed by atoms with Crippen molar-refractivity contribution < 1.29 is 9.53 Å². The minimum absolute atomic E-state index is 0.162. The van der Waals surface area contributed by atoms with Crippen LogP contribution < -0.4 is 0 Å². The lowest BCUT2D eigenvalue weighted by Crippen LogP contribution is -2.45. The van der Waals surface area contributed by atoms with Crippen molar-refractivity contribution >= 4 is 5.97 Å². The molecule has 0 N–H and O–H groups in total. The molecule has 0 aromatic heterocycles. The van der Waals surface area contributed by atoms with Crippen LogP contribution in [0.4, 0.5) is 0 Å². The number of rotatable bonds is 3. The van der Waals surface area contributed by atoms with Crippen LogP contribution >= 0.6 is 0 Å². The summed E-state index contributed by atoms with van der Waals surface area (Å²) in [7, 11) is 0. The summed E-state index contributed by atoms with van der Waals surface area (Å²) in [4.78, 5) is 11.0. The van der Waals surface area contributed by atoms with Crippen LogP contribution in [0.15, 0.2) is 11.1 Å². The smallest absolute Gasteiger partial charge is 0.302 e. The first-order chi connectivity index (χ1) is 9.27. The van der Waals surface area contributed by atoms with Gasteiger partial charge < -0.3 is 4.74 Å². The molecule has 0 amide bonds. The zero-order valence-corrected chi connectivity index (χ0v) is 13.8. The van der Waals surface area contributed by atoms with Gasteiger partial charge in [0.2, 0.25) is 0 Å². The van der Waals surface area contributed by atoms with Gasteiger partial charge in [-0.25, -0.2) is 0 Å². The number of carbonyl (C=O) groups excluding carboxylic acids is 1. The van der Waals surface area contributed by atoms with Crippen molar-refractivity contribution in [3.05, 3.63) is 11.1 Å². The van der Waals surface area contributed by atoms with Gasteiger partial charge in [0.15, 0.2) is 0 Å². The molecule has 20 heavy (non-hydrogen) atoms. The van der Waals surface area contributed by atoms with Gasteiger partial charge in [-0.2, -0.15) is 0 Å². The van der Waals surface area contributed by atoms with Crippen LogP contribution in [0.2, 0.25) is 0 Å². The number of hydrogen-bond donors (Lipinski definition) is 0. The Bertz CT molecular complexity index is 419. The summed E-state index contributed by atoms with van der Waals surface area (Å²) in [5, 5.41) is 0. The molecule has 0 saturated heterocycles. The Morgan fingerprint density at radius 3 is 2.65 bits per heavy atom. The third kappa shape index (κ3) is 2.80. The molecule has 0 aromatic rings. The van der Waals surface area contributed by atoms with Crippen molar-refractivity contribution in [3.63, 3.8) is 0 Å². The van der Waals surface area contributed by atoms with E-state index < -0.39 is 0 Å². The van der Waals surface area contributed by atoms with Gasteiger partial charge in [0.1, 0.15) is 0 Å². The molecule has 0 aromatic carbocycles. The average molecular weight is 278 g/mol. The SMILES string of the molecule is CC(=O)OCCC1=C(C)CCC2C(C)(C)CCC[C@]12C. The second-order valence-electron chi connectivity index (χ2n) is 7.70. The second kappa shape index (κ2) is 5.54. The largest absolute Gasteiger partial charge is 0.466 e. The summed E-state index contributed by atoms with van der Waals surface area (Å²) in [6.45, 7) is 11.7. The lowest BCUT2D eigenvalue weighted by molar-refractivity contribution is -0.141. The minimum Gasteiger partial charge on any atom is -0.466 e. The molecule has 1 saturated carbocycles. The van der Waals surface area contributed by atoms with Gasteiger partial charge in [-0.05, 0) is 49.4 Å². The summed E-state index contributed by atoms with van der Waals surface area (Å²) in [6, 6.07) is 0. The maximum Gasteiger partial charge on any atom is 0.302 e. The molecule has 1 fully saturated rings. The predicted molar refractivity (Wildman–Crippen MR) is 82.4 cm³/mol. The van der Waals surface area contributed by atoms with Crippen molar-refractivity contribution in [1.29, 1.82) is 0 Å². The van der Waals surface area contributed by atoms with E-state index in [1.54, 1.807) is 11.1 Å². The summed E-state index contributed by atoms with van der Waals surface area (Å²) >= 11 is 0. The van der Waals surface area contributed by atoms with Crippen LogP contribution in [0.1, 0.15) is 73.1 Å². The van der Waals surface area contributed by atoms with Crippen LogP contribution in [0.25, 0.3) is 0 Å². The van der Waals surface area contributed by atoms with Crippen LogP contribution in [-0.2, 0) is 9.53 Å². The van der Waals surface area contributed by atoms with Crippen molar-refractivity contribution in [2.75, 3.05) is 6.61 Å². The Hall–Kier alpha value is -0.790. The number of carbonyl (C=O) groups is 1. The first-order valence-electron chi connectivity index (χ1n) is 8.10. The molecular formula is C18H30O2. The summed E-state index contributed by atoms with van der Waals surface area (Å²) in [6.07, 6.45) is 7.45. The predicted octanol–water partition coefficient (Wildman–Crippen LogP) is 4.88. The molecule has 2 nitrogen and oxygen atoms in total. The van der Waals surface area contributed by atoms with E-state index in [1.807, 2.05) is 0 Å². The highest BCUT2D eigenvalue weighted by atomic mass is 16.5. The summed E-state index contributed by atoms with van der Waals surface area (Å²) in [5.41, 5.74) is 3.90. The lowest BCUT2D eigenvalue weighted by Gasteiger charge is -2.55. The van der Waals surface area contributed by atoms with Gasteiger partial charge in [-0.3, -0.25) is 4.79 Å². The van der Waals surface area contributed by atoms with Crippen molar-refractivity contribution in [3.8, 4) is 0 Å². The van der Waals surface area contributed by atoms with Gasteiger partial charge in [0.25, 0.3) is 0 Å². The van der Waals surface area contributed by atoms with Gasteiger partial charge in [-0.15, -0.1) is 0 Å². The van der Waals surface area contributed by atoms with Crippen LogP contribution in [-0.4, -0.2) is 12.6 Å². The van der Waals surface area contributed by atoms with Gasteiger partial charge in [0.05, 0.1) is 6.61 Å². The van der Waals surface area contributed by atoms with Crippen molar-refractivity contribution in [1.82, 2.24) is 0 Å². The molecule has 114 valence electrons.